The van der Waals surface area contributed by atoms with Gasteiger partial charge in [0.1, 0.15) is 5.65 Å². The monoisotopic (exact) mass is 348 g/mol. The molecule has 3 heterocycles. The molecular formula is C21H24N4O. The van der Waals surface area contributed by atoms with E-state index in [1.165, 1.54) is 5.56 Å². The summed E-state index contributed by atoms with van der Waals surface area (Å²) in [6, 6.07) is 16.3. The molecule has 0 saturated carbocycles. The van der Waals surface area contributed by atoms with E-state index < -0.39 is 0 Å². The van der Waals surface area contributed by atoms with Crippen LogP contribution in [-0.2, 0) is 17.8 Å². The maximum absolute atomic E-state index is 12.4. The molecule has 3 aromatic rings. The Balaban J connectivity index is 1.26. The van der Waals surface area contributed by atoms with E-state index in [2.05, 4.69) is 32.6 Å². The minimum Gasteiger partial charge on any atom is -0.340 e. The van der Waals surface area contributed by atoms with Crippen LogP contribution in [0, 0.1) is 0 Å². The first-order chi connectivity index (χ1) is 12.8. The third-order valence-electron chi connectivity index (χ3n) is 4.99. The van der Waals surface area contributed by atoms with Crippen molar-refractivity contribution in [2.45, 2.75) is 19.4 Å². The average Bonchev–Trinajstić information content (AvgIpc) is 3.10. The Hall–Kier alpha value is -2.66. The first-order valence-electron chi connectivity index (χ1n) is 9.24. The second kappa shape index (κ2) is 7.70. The number of aromatic nitrogens is 2. The molecule has 2 aromatic heterocycles. The molecule has 1 aliphatic heterocycles. The maximum Gasteiger partial charge on any atom is 0.222 e. The quantitative estimate of drug-likeness (QED) is 0.712. The predicted octanol–water partition coefficient (Wildman–Crippen LogP) is 2.61. The molecule has 0 atom stereocenters. The molecule has 5 nitrogen and oxygen atoms in total. The van der Waals surface area contributed by atoms with Crippen LogP contribution in [0.5, 0.6) is 0 Å². The number of carbonyl (C=O) groups is 1. The van der Waals surface area contributed by atoms with Gasteiger partial charge in [-0.05, 0) is 24.1 Å². The Kier molecular flexibility index (Phi) is 4.97. The van der Waals surface area contributed by atoms with Gasteiger partial charge in [-0.2, -0.15) is 0 Å². The Bertz CT molecular complexity index is 833. The number of hydrogen-bond acceptors (Lipinski definition) is 3. The molecule has 0 radical (unpaired) electrons. The molecule has 1 aromatic carbocycles. The Morgan fingerprint density at radius 2 is 1.73 bits per heavy atom. The van der Waals surface area contributed by atoms with Crippen molar-refractivity contribution in [3.05, 3.63) is 72.2 Å². The molecular weight excluding hydrogens is 324 g/mol. The van der Waals surface area contributed by atoms with Gasteiger partial charge in [-0.25, -0.2) is 4.98 Å². The summed E-state index contributed by atoms with van der Waals surface area (Å²) < 4.78 is 2.05. The summed E-state index contributed by atoms with van der Waals surface area (Å²) in [4.78, 5) is 21.5. The second-order valence-corrected chi connectivity index (χ2v) is 6.84. The first-order valence-corrected chi connectivity index (χ1v) is 9.24. The van der Waals surface area contributed by atoms with Gasteiger partial charge in [-0.15, -0.1) is 0 Å². The number of amides is 1. The van der Waals surface area contributed by atoms with Crippen molar-refractivity contribution in [2.75, 3.05) is 26.2 Å². The summed E-state index contributed by atoms with van der Waals surface area (Å²) in [5.74, 6) is 0.265. The standard InChI is InChI=1S/C21H24N4O/c26-21(10-9-18-6-2-1-3-7-18)24-14-12-23(13-15-24)16-19-17-25-11-5-4-8-20(25)22-19/h1-8,11,17H,9-10,12-16H2. The van der Waals surface area contributed by atoms with Crippen LogP contribution in [0.1, 0.15) is 17.7 Å². The molecule has 26 heavy (non-hydrogen) atoms. The van der Waals surface area contributed by atoms with Gasteiger partial charge in [0.15, 0.2) is 0 Å². The number of nitrogens with zero attached hydrogens (tertiary/aromatic N) is 4. The summed E-state index contributed by atoms with van der Waals surface area (Å²) in [7, 11) is 0. The van der Waals surface area contributed by atoms with E-state index in [0.29, 0.717) is 6.42 Å². The lowest BCUT2D eigenvalue weighted by Crippen LogP contribution is -2.48. The minimum absolute atomic E-state index is 0.265. The minimum atomic E-state index is 0.265. The van der Waals surface area contributed by atoms with Crippen LogP contribution in [0.25, 0.3) is 5.65 Å². The average molecular weight is 348 g/mol. The molecule has 0 bridgehead atoms. The lowest BCUT2D eigenvalue weighted by atomic mass is 10.1. The van der Waals surface area contributed by atoms with Gasteiger partial charge >= 0.3 is 0 Å². The van der Waals surface area contributed by atoms with Crippen molar-refractivity contribution in [1.82, 2.24) is 19.2 Å². The van der Waals surface area contributed by atoms with Crippen LogP contribution in [0.4, 0.5) is 0 Å². The number of carbonyl (C=O) groups excluding carboxylic acids is 1. The highest BCUT2D eigenvalue weighted by molar-refractivity contribution is 5.76. The zero-order valence-electron chi connectivity index (χ0n) is 14.9. The van der Waals surface area contributed by atoms with E-state index in [1.54, 1.807) is 0 Å². The van der Waals surface area contributed by atoms with E-state index >= 15 is 0 Å². The Morgan fingerprint density at radius 1 is 0.962 bits per heavy atom. The summed E-state index contributed by atoms with van der Waals surface area (Å²) in [5.41, 5.74) is 3.30. The number of fused-ring (bicyclic) bond motifs is 1. The lowest BCUT2D eigenvalue weighted by molar-refractivity contribution is -0.133. The summed E-state index contributed by atoms with van der Waals surface area (Å²) in [6.45, 7) is 4.27. The lowest BCUT2D eigenvalue weighted by Gasteiger charge is -2.34. The normalized spacial score (nSPS) is 15.5. The smallest absolute Gasteiger partial charge is 0.222 e. The molecule has 0 N–H and O–H groups in total. The van der Waals surface area contributed by atoms with Gasteiger partial charge in [0, 0.05) is 51.5 Å². The van der Waals surface area contributed by atoms with Crippen LogP contribution in [-0.4, -0.2) is 51.3 Å². The predicted molar refractivity (Wildman–Crippen MR) is 102 cm³/mol. The highest BCUT2D eigenvalue weighted by atomic mass is 16.2. The van der Waals surface area contributed by atoms with Crippen LogP contribution in [0.2, 0.25) is 0 Å². The summed E-state index contributed by atoms with van der Waals surface area (Å²) in [6.07, 6.45) is 5.53. The van der Waals surface area contributed by atoms with E-state index in [0.717, 1.165) is 50.5 Å². The van der Waals surface area contributed by atoms with Crippen molar-refractivity contribution in [1.29, 1.82) is 0 Å². The third kappa shape index (κ3) is 3.94. The van der Waals surface area contributed by atoms with Crippen molar-refractivity contribution < 1.29 is 4.79 Å². The fourth-order valence-corrected chi connectivity index (χ4v) is 3.50. The van der Waals surface area contributed by atoms with Crippen LogP contribution in [0.3, 0.4) is 0 Å². The van der Waals surface area contributed by atoms with Gasteiger partial charge in [-0.1, -0.05) is 36.4 Å². The van der Waals surface area contributed by atoms with Gasteiger partial charge in [0.25, 0.3) is 0 Å². The number of aryl methyl sites for hydroxylation is 1. The zero-order valence-corrected chi connectivity index (χ0v) is 14.9. The van der Waals surface area contributed by atoms with Crippen LogP contribution in [0.15, 0.2) is 60.9 Å². The number of rotatable bonds is 5. The highest BCUT2D eigenvalue weighted by Crippen LogP contribution is 2.11. The van der Waals surface area contributed by atoms with Crippen molar-refractivity contribution in [3.63, 3.8) is 0 Å². The van der Waals surface area contributed by atoms with Crippen LogP contribution < -0.4 is 0 Å². The maximum atomic E-state index is 12.4. The topological polar surface area (TPSA) is 40.9 Å². The number of pyridine rings is 1. The molecule has 0 unspecified atom stereocenters. The molecule has 1 aliphatic rings. The van der Waals surface area contributed by atoms with Gasteiger partial charge in [0.05, 0.1) is 5.69 Å². The first kappa shape index (κ1) is 16.8. The highest BCUT2D eigenvalue weighted by Gasteiger charge is 2.21. The number of hydrogen-bond donors (Lipinski definition) is 0. The van der Waals surface area contributed by atoms with Crippen molar-refractivity contribution in [2.24, 2.45) is 0 Å². The van der Waals surface area contributed by atoms with Crippen molar-refractivity contribution >= 4 is 11.6 Å². The fraction of sp³-hybridized carbons (Fsp3) is 0.333. The second-order valence-electron chi connectivity index (χ2n) is 6.84. The third-order valence-corrected chi connectivity index (χ3v) is 4.99. The zero-order chi connectivity index (χ0) is 17.8. The largest absolute Gasteiger partial charge is 0.340 e. The number of imidazole rings is 1. The number of benzene rings is 1. The molecule has 5 heteroatoms. The Morgan fingerprint density at radius 3 is 2.50 bits per heavy atom. The molecule has 4 rings (SSSR count). The molecule has 134 valence electrons. The van der Waals surface area contributed by atoms with E-state index in [1.807, 2.05) is 47.5 Å². The summed E-state index contributed by atoms with van der Waals surface area (Å²) in [5, 5.41) is 0. The molecule has 1 saturated heterocycles. The van der Waals surface area contributed by atoms with E-state index in [-0.39, 0.29) is 5.91 Å². The summed E-state index contributed by atoms with van der Waals surface area (Å²) >= 11 is 0. The molecule has 0 spiro atoms. The Labute approximate surface area is 153 Å². The number of piperazine rings is 1. The van der Waals surface area contributed by atoms with Crippen LogP contribution >= 0.6 is 0 Å². The molecule has 0 aliphatic carbocycles. The van der Waals surface area contributed by atoms with E-state index in [4.69, 9.17) is 0 Å². The SMILES string of the molecule is O=C(CCc1ccccc1)N1CCN(Cc2cn3ccccc3n2)CC1. The van der Waals surface area contributed by atoms with E-state index in [9.17, 15) is 4.79 Å². The van der Waals surface area contributed by atoms with Crippen molar-refractivity contribution in [3.8, 4) is 0 Å². The van der Waals surface area contributed by atoms with Gasteiger partial charge in [0.2, 0.25) is 5.91 Å². The fourth-order valence-electron chi connectivity index (χ4n) is 3.50. The molecule has 1 fully saturated rings. The van der Waals surface area contributed by atoms with Gasteiger partial charge < -0.3 is 9.30 Å². The van der Waals surface area contributed by atoms with Gasteiger partial charge in [-0.3, -0.25) is 9.69 Å². The molecule has 1 amide bonds.